The van der Waals surface area contributed by atoms with Crippen molar-refractivity contribution in [2.45, 2.75) is 19.4 Å². The van der Waals surface area contributed by atoms with Crippen LogP contribution in [0.1, 0.15) is 24.2 Å². The number of aliphatic hydroxyl groups excluding tert-OH is 1. The monoisotopic (exact) mass is 376 g/mol. The molecule has 1 unspecified atom stereocenters. The third kappa shape index (κ3) is 5.43. The van der Waals surface area contributed by atoms with Crippen molar-refractivity contribution < 1.29 is 28.8 Å². The van der Waals surface area contributed by atoms with Crippen LogP contribution in [0.15, 0.2) is 36.4 Å². The number of aliphatic hydroxyl groups is 1. The van der Waals surface area contributed by atoms with Gasteiger partial charge >= 0.3 is 0 Å². The van der Waals surface area contributed by atoms with Crippen LogP contribution in [0.2, 0.25) is 0 Å². The quantitative estimate of drug-likeness (QED) is 0.605. The van der Waals surface area contributed by atoms with Gasteiger partial charge < -0.3 is 28.8 Å². The fraction of sp³-hybridized carbons (Fsp3) is 0.429. The van der Waals surface area contributed by atoms with E-state index in [-0.39, 0.29) is 13.6 Å². The Labute approximate surface area is 160 Å². The van der Waals surface area contributed by atoms with Crippen molar-refractivity contribution >= 4 is 0 Å². The molecule has 0 aliphatic rings. The Kier molecular flexibility index (Phi) is 8.54. The highest BCUT2D eigenvalue weighted by atomic mass is 16.7. The molecule has 0 heterocycles. The van der Waals surface area contributed by atoms with Crippen molar-refractivity contribution in [3.8, 4) is 22.6 Å². The number of hydrogen-bond donors (Lipinski definition) is 1. The molecule has 0 saturated carbocycles. The summed E-state index contributed by atoms with van der Waals surface area (Å²) in [5.74, 6) is 1.13. The fourth-order valence-corrected chi connectivity index (χ4v) is 3.02. The first-order valence-electron chi connectivity index (χ1n) is 8.79. The summed E-state index contributed by atoms with van der Waals surface area (Å²) >= 11 is 0. The number of methoxy groups -OCH3 is 3. The maximum atomic E-state index is 10.5. The lowest BCUT2D eigenvalue weighted by Gasteiger charge is -2.24. The minimum atomic E-state index is -0.734. The molecular weight excluding hydrogens is 348 g/mol. The highest BCUT2D eigenvalue weighted by Gasteiger charge is 2.24. The lowest BCUT2D eigenvalue weighted by molar-refractivity contribution is 0.0442. The minimum absolute atomic E-state index is 0.0673. The van der Waals surface area contributed by atoms with E-state index in [0.717, 1.165) is 16.7 Å². The Morgan fingerprint density at radius 2 is 1.52 bits per heavy atom. The van der Waals surface area contributed by atoms with Crippen LogP contribution in [0.4, 0.5) is 0 Å². The predicted octanol–water partition coefficient (Wildman–Crippen LogP) is 3.56. The van der Waals surface area contributed by atoms with Crippen LogP contribution in [0.3, 0.4) is 0 Å². The second-order valence-electron chi connectivity index (χ2n) is 6.03. The fourth-order valence-electron chi connectivity index (χ4n) is 3.02. The van der Waals surface area contributed by atoms with E-state index in [0.29, 0.717) is 30.1 Å². The lowest BCUT2D eigenvalue weighted by Crippen LogP contribution is -2.12. The van der Waals surface area contributed by atoms with Crippen LogP contribution in [0.5, 0.6) is 11.5 Å². The van der Waals surface area contributed by atoms with Crippen LogP contribution in [0, 0.1) is 0 Å². The Balaban J connectivity index is 2.72. The van der Waals surface area contributed by atoms with E-state index in [9.17, 15) is 5.11 Å². The van der Waals surface area contributed by atoms with Crippen molar-refractivity contribution in [2.75, 3.05) is 41.5 Å². The molecule has 6 nitrogen and oxygen atoms in total. The number of hydrogen-bond acceptors (Lipinski definition) is 6. The Bertz CT molecular complexity index is 700. The summed E-state index contributed by atoms with van der Waals surface area (Å²) in [6, 6.07) is 11.7. The summed E-state index contributed by atoms with van der Waals surface area (Å²) in [5, 5.41) is 10.5. The zero-order valence-electron chi connectivity index (χ0n) is 16.4. The summed E-state index contributed by atoms with van der Waals surface area (Å²) in [5.41, 5.74) is 3.49. The first kappa shape index (κ1) is 21.2. The Morgan fingerprint density at radius 3 is 2.07 bits per heavy atom. The van der Waals surface area contributed by atoms with Gasteiger partial charge in [0.05, 0.1) is 12.7 Å². The van der Waals surface area contributed by atoms with E-state index < -0.39 is 6.10 Å². The highest BCUT2D eigenvalue weighted by Crippen LogP contribution is 2.43. The van der Waals surface area contributed by atoms with Crippen LogP contribution >= 0.6 is 0 Å². The van der Waals surface area contributed by atoms with E-state index in [2.05, 4.69) is 0 Å². The van der Waals surface area contributed by atoms with E-state index >= 15 is 0 Å². The van der Waals surface area contributed by atoms with Gasteiger partial charge in [0.25, 0.3) is 0 Å². The summed E-state index contributed by atoms with van der Waals surface area (Å²) in [4.78, 5) is 0. The molecule has 148 valence electrons. The largest absolute Gasteiger partial charge is 0.467 e. The second-order valence-corrected chi connectivity index (χ2v) is 6.03. The first-order chi connectivity index (χ1) is 13.1. The van der Waals surface area contributed by atoms with E-state index in [4.69, 9.17) is 23.7 Å². The molecule has 2 aromatic rings. The maximum absolute atomic E-state index is 10.5. The van der Waals surface area contributed by atoms with Crippen LogP contribution in [-0.2, 0) is 20.6 Å². The van der Waals surface area contributed by atoms with Gasteiger partial charge in [-0.15, -0.1) is 0 Å². The van der Waals surface area contributed by atoms with E-state index in [1.165, 1.54) is 0 Å². The molecule has 2 rings (SSSR count). The van der Waals surface area contributed by atoms with Gasteiger partial charge in [0.15, 0.2) is 13.6 Å². The molecule has 6 heteroatoms. The second kappa shape index (κ2) is 10.9. The van der Waals surface area contributed by atoms with Gasteiger partial charge in [-0.3, -0.25) is 0 Å². The summed E-state index contributed by atoms with van der Waals surface area (Å²) in [6.45, 7) is 2.38. The van der Waals surface area contributed by atoms with Gasteiger partial charge in [-0.05, 0) is 24.5 Å². The molecule has 0 fully saturated rings. The molecule has 0 radical (unpaired) electrons. The van der Waals surface area contributed by atoms with Crippen molar-refractivity contribution in [2.24, 2.45) is 0 Å². The van der Waals surface area contributed by atoms with Crippen LogP contribution < -0.4 is 9.47 Å². The molecule has 0 aliphatic heterocycles. The minimum Gasteiger partial charge on any atom is -0.467 e. The summed E-state index contributed by atoms with van der Waals surface area (Å²) < 4.78 is 27.0. The van der Waals surface area contributed by atoms with Gasteiger partial charge in [-0.2, -0.15) is 0 Å². The van der Waals surface area contributed by atoms with Gasteiger partial charge in [-0.25, -0.2) is 0 Å². The average Bonchev–Trinajstić information content (AvgIpc) is 2.68. The highest BCUT2D eigenvalue weighted by molar-refractivity contribution is 5.77. The molecule has 0 saturated heterocycles. The molecular formula is C21H28O6. The van der Waals surface area contributed by atoms with Crippen molar-refractivity contribution in [1.82, 2.24) is 0 Å². The molecule has 0 aromatic heterocycles. The normalized spacial score (nSPS) is 12.0. The SMILES string of the molecule is COCCc1c(-c2ccccc2)c(OCOC)cc(OCOC)c1C(C)O. The van der Waals surface area contributed by atoms with Gasteiger partial charge in [0.1, 0.15) is 11.5 Å². The number of ether oxygens (including phenoxy) is 5. The van der Waals surface area contributed by atoms with Crippen molar-refractivity contribution in [1.29, 1.82) is 0 Å². The van der Waals surface area contributed by atoms with Crippen LogP contribution in [-0.4, -0.2) is 46.6 Å². The predicted molar refractivity (Wildman–Crippen MR) is 103 cm³/mol. The third-order valence-corrected chi connectivity index (χ3v) is 4.10. The van der Waals surface area contributed by atoms with Crippen molar-refractivity contribution in [3.63, 3.8) is 0 Å². The molecule has 0 amide bonds. The third-order valence-electron chi connectivity index (χ3n) is 4.10. The Morgan fingerprint density at radius 1 is 0.889 bits per heavy atom. The Hall–Kier alpha value is -2.12. The van der Waals surface area contributed by atoms with Gasteiger partial charge in [0, 0.05) is 38.5 Å². The average molecular weight is 376 g/mol. The molecule has 27 heavy (non-hydrogen) atoms. The number of benzene rings is 2. The van der Waals surface area contributed by atoms with E-state index in [1.54, 1.807) is 34.3 Å². The molecule has 2 aromatic carbocycles. The summed E-state index contributed by atoms with van der Waals surface area (Å²) in [6.07, 6.45) is -0.142. The molecule has 0 spiro atoms. The topological polar surface area (TPSA) is 66.4 Å². The zero-order chi connectivity index (χ0) is 19.6. The van der Waals surface area contributed by atoms with E-state index in [1.807, 2.05) is 30.3 Å². The first-order valence-corrected chi connectivity index (χ1v) is 8.79. The molecule has 0 bridgehead atoms. The molecule has 1 N–H and O–H groups in total. The zero-order valence-corrected chi connectivity index (χ0v) is 16.4. The summed E-state index contributed by atoms with van der Waals surface area (Å²) in [7, 11) is 4.77. The van der Waals surface area contributed by atoms with Crippen LogP contribution in [0.25, 0.3) is 11.1 Å². The van der Waals surface area contributed by atoms with Crippen molar-refractivity contribution in [3.05, 3.63) is 47.5 Å². The molecule has 0 aliphatic carbocycles. The van der Waals surface area contributed by atoms with Gasteiger partial charge in [0.2, 0.25) is 0 Å². The number of rotatable bonds is 11. The standard InChI is InChI=1S/C21H28O6/c1-15(22)20-17(10-11-23-2)21(16-8-6-5-7-9-16)19(27-14-25-4)12-18(20)26-13-24-3/h5-9,12,15,22H,10-11,13-14H2,1-4H3. The van der Waals surface area contributed by atoms with Gasteiger partial charge in [-0.1, -0.05) is 30.3 Å². The molecule has 1 atom stereocenters. The smallest absolute Gasteiger partial charge is 0.188 e. The lowest BCUT2D eigenvalue weighted by atomic mass is 9.89. The maximum Gasteiger partial charge on any atom is 0.188 e.